The lowest BCUT2D eigenvalue weighted by Crippen LogP contribution is -2.23. The molecule has 42 heavy (non-hydrogen) atoms. The van der Waals surface area contributed by atoms with Crippen molar-refractivity contribution in [1.29, 1.82) is 0 Å². The molecular formula is C30H31N7O4S. The summed E-state index contributed by atoms with van der Waals surface area (Å²) in [7, 11) is -3.96. The molecule has 0 bridgehead atoms. The summed E-state index contributed by atoms with van der Waals surface area (Å²) >= 11 is 0. The van der Waals surface area contributed by atoms with Crippen molar-refractivity contribution in [3.63, 3.8) is 0 Å². The topological polar surface area (TPSA) is 142 Å². The summed E-state index contributed by atoms with van der Waals surface area (Å²) < 4.78 is 35.4. The molecule has 0 unspecified atom stereocenters. The highest BCUT2D eigenvalue weighted by molar-refractivity contribution is 7.92. The third-order valence-electron chi connectivity index (χ3n) is 6.49. The molecule has 216 valence electrons. The van der Waals surface area contributed by atoms with Gasteiger partial charge >= 0.3 is 5.97 Å². The minimum Gasteiger partial charge on any atom is -0.462 e. The summed E-state index contributed by atoms with van der Waals surface area (Å²) in [4.78, 5) is 30.5. The Hall–Kier alpha value is -4.71. The number of carbonyl (C=O) groups is 1. The zero-order chi connectivity index (χ0) is 30.1. The molecule has 11 nitrogen and oxygen atoms in total. The van der Waals surface area contributed by atoms with Crippen LogP contribution in [0.3, 0.4) is 0 Å². The van der Waals surface area contributed by atoms with Crippen molar-refractivity contribution >= 4 is 32.7 Å². The van der Waals surface area contributed by atoms with Crippen LogP contribution < -0.4 is 4.72 Å². The molecule has 0 aliphatic heterocycles. The number of aryl methyl sites for hydroxylation is 1. The fraction of sp³-hybridized carbons (Fsp3) is 0.267. The highest BCUT2D eigenvalue weighted by Gasteiger charge is 2.28. The standard InChI is InChI=1S/C30H31N7O4S/c1-6-19-10-12-20(13-11-19)26-25-23(29(38)41-7-2)15-24(34-28(25)37(35-26)30(3,4)5)27-32-17-22(18-33-27)42(39,40)36-21-9-8-14-31-16-21/h8-18,36H,6-7H2,1-5H3. The van der Waals surface area contributed by atoms with E-state index >= 15 is 0 Å². The predicted molar refractivity (Wildman–Crippen MR) is 159 cm³/mol. The van der Waals surface area contributed by atoms with Gasteiger partial charge in [0.15, 0.2) is 11.5 Å². The Morgan fingerprint density at radius 1 is 1.02 bits per heavy atom. The van der Waals surface area contributed by atoms with Crippen LogP contribution in [0.4, 0.5) is 5.69 Å². The molecule has 0 saturated heterocycles. The van der Waals surface area contributed by atoms with Gasteiger partial charge in [-0.25, -0.2) is 32.8 Å². The number of ether oxygens (including phenoxy) is 1. The van der Waals surface area contributed by atoms with Gasteiger partial charge in [-0.3, -0.25) is 9.71 Å². The van der Waals surface area contributed by atoms with E-state index in [1.165, 1.54) is 24.2 Å². The van der Waals surface area contributed by atoms with E-state index in [4.69, 9.17) is 14.8 Å². The first-order chi connectivity index (χ1) is 20.0. The summed E-state index contributed by atoms with van der Waals surface area (Å²) in [6, 6.07) is 12.8. The first-order valence-electron chi connectivity index (χ1n) is 13.5. The van der Waals surface area contributed by atoms with Crippen molar-refractivity contribution in [2.75, 3.05) is 11.3 Å². The zero-order valence-corrected chi connectivity index (χ0v) is 24.8. The van der Waals surface area contributed by atoms with Crippen molar-refractivity contribution in [1.82, 2.24) is 29.7 Å². The van der Waals surface area contributed by atoms with Gasteiger partial charge in [0.25, 0.3) is 10.0 Å². The maximum Gasteiger partial charge on any atom is 0.339 e. The fourth-order valence-corrected chi connectivity index (χ4v) is 5.32. The quantitative estimate of drug-likeness (QED) is 0.242. The summed E-state index contributed by atoms with van der Waals surface area (Å²) in [5.74, 6) is -0.399. The average molecular weight is 586 g/mol. The van der Waals surface area contributed by atoms with Crippen LogP contribution in [0.15, 0.2) is 72.1 Å². The molecule has 0 amide bonds. The second-order valence-corrected chi connectivity index (χ2v) is 12.2. The van der Waals surface area contributed by atoms with Gasteiger partial charge < -0.3 is 4.74 Å². The molecule has 0 aliphatic rings. The Bertz CT molecular complexity index is 1850. The Labute approximate surface area is 244 Å². The molecule has 1 N–H and O–H groups in total. The monoisotopic (exact) mass is 585 g/mol. The SMILES string of the molecule is CCOC(=O)c1cc(-c2ncc(S(=O)(=O)Nc3cccnc3)cn2)nc2c1c(-c1ccc(CC)cc1)nn2C(C)(C)C. The minimum absolute atomic E-state index is 0.137. The number of esters is 1. The largest absolute Gasteiger partial charge is 0.462 e. The molecule has 5 aromatic rings. The Balaban J connectivity index is 1.66. The molecule has 0 spiro atoms. The van der Waals surface area contributed by atoms with Crippen molar-refractivity contribution in [3.05, 3.63) is 78.4 Å². The van der Waals surface area contributed by atoms with Gasteiger partial charge in [0.05, 0.1) is 47.4 Å². The van der Waals surface area contributed by atoms with Crippen LogP contribution in [0.2, 0.25) is 0 Å². The van der Waals surface area contributed by atoms with Crippen LogP contribution in [0, 0.1) is 0 Å². The summed E-state index contributed by atoms with van der Waals surface area (Å²) in [6.07, 6.45) is 6.22. The van der Waals surface area contributed by atoms with Crippen LogP contribution in [0.25, 0.3) is 33.8 Å². The third-order valence-corrected chi connectivity index (χ3v) is 7.82. The number of carbonyl (C=O) groups excluding carboxylic acids is 1. The predicted octanol–water partition coefficient (Wildman–Crippen LogP) is 5.25. The van der Waals surface area contributed by atoms with Crippen LogP contribution in [0.5, 0.6) is 0 Å². The number of hydrogen-bond donors (Lipinski definition) is 1. The van der Waals surface area contributed by atoms with Gasteiger partial charge in [-0.2, -0.15) is 5.10 Å². The van der Waals surface area contributed by atoms with E-state index in [1.54, 1.807) is 36.0 Å². The van der Waals surface area contributed by atoms with E-state index in [9.17, 15) is 13.2 Å². The van der Waals surface area contributed by atoms with Gasteiger partial charge in [0, 0.05) is 11.8 Å². The molecule has 12 heteroatoms. The first-order valence-corrected chi connectivity index (χ1v) is 15.0. The van der Waals surface area contributed by atoms with E-state index in [0.717, 1.165) is 12.0 Å². The lowest BCUT2D eigenvalue weighted by molar-refractivity contribution is 0.0528. The van der Waals surface area contributed by atoms with E-state index < -0.39 is 21.5 Å². The Morgan fingerprint density at radius 3 is 2.33 bits per heavy atom. The lowest BCUT2D eigenvalue weighted by Gasteiger charge is -2.20. The number of benzene rings is 1. The first kappa shape index (κ1) is 28.8. The van der Waals surface area contributed by atoms with Gasteiger partial charge in [-0.15, -0.1) is 0 Å². The molecule has 0 saturated carbocycles. The minimum atomic E-state index is -3.96. The second kappa shape index (κ2) is 11.3. The van der Waals surface area contributed by atoms with Crippen LogP contribution in [0.1, 0.15) is 50.5 Å². The number of sulfonamides is 1. The molecule has 4 aromatic heterocycles. The van der Waals surface area contributed by atoms with Gasteiger partial charge in [-0.05, 0) is 57.9 Å². The van der Waals surface area contributed by atoms with Crippen molar-refractivity contribution in [3.8, 4) is 22.8 Å². The number of anilines is 1. The highest BCUT2D eigenvalue weighted by atomic mass is 32.2. The Kier molecular flexibility index (Phi) is 7.74. The highest BCUT2D eigenvalue weighted by Crippen LogP contribution is 2.35. The normalized spacial score (nSPS) is 11.9. The zero-order valence-electron chi connectivity index (χ0n) is 24.0. The summed E-state index contributed by atoms with van der Waals surface area (Å²) in [5.41, 5.74) is 3.44. The van der Waals surface area contributed by atoms with Crippen molar-refractivity contribution < 1.29 is 17.9 Å². The van der Waals surface area contributed by atoms with Crippen LogP contribution >= 0.6 is 0 Å². The molecule has 0 aliphatic carbocycles. The Morgan fingerprint density at radius 2 is 1.74 bits per heavy atom. The lowest BCUT2D eigenvalue weighted by atomic mass is 10.0. The van der Waals surface area contributed by atoms with E-state index in [2.05, 4.69) is 26.6 Å². The second-order valence-electron chi connectivity index (χ2n) is 10.5. The van der Waals surface area contributed by atoms with Crippen molar-refractivity contribution in [2.24, 2.45) is 0 Å². The third kappa shape index (κ3) is 5.70. The van der Waals surface area contributed by atoms with E-state index in [-0.39, 0.29) is 28.6 Å². The number of rotatable bonds is 8. The number of nitrogens with zero attached hydrogens (tertiary/aromatic N) is 6. The number of hydrogen-bond acceptors (Lipinski definition) is 9. The van der Waals surface area contributed by atoms with Gasteiger partial charge in [-0.1, -0.05) is 31.2 Å². The molecule has 1 aromatic carbocycles. The van der Waals surface area contributed by atoms with Gasteiger partial charge in [0.2, 0.25) is 0 Å². The average Bonchev–Trinajstić information content (AvgIpc) is 3.38. The number of fused-ring (bicyclic) bond motifs is 1. The van der Waals surface area contributed by atoms with E-state index in [0.29, 0.717) is 22.4 Å². The number of pyridine rings is 2. The smallest absolute Gasteiger partial charge is 0.339 e. The molecule has 4 heterocycles. The molecule has 0 radical (unpaired) electrons. The van der Waals surface area contributed by atoms with Crippen LogP contribution in [-0.4, -0.2) is 50.7 Å². The van der Waals surface area contributed by atoms with Crippen LogP contribution in [-0.2, 0) is 26.7 Å². The van der Waals surface area contributed by atoms with Gasteiger partial charge in [0.1, 0.15) is 16.3 Å². The summed E-state index contributed by atoms with van der Waals surface area (Å²) in [6.45, 7) is 9.98. The maximum atomic E-state index is 13.3. The number of nitrogens with one attached hydrogen (secondary N) is 1. The molecule has 0 fully saturated rings. The van der Waals surface area contributed by atoms with E-state index in [1.807, 2.05) is 45.0 Å². The molecule has 0 atom stereocenters. The molecular weight excluding hydrogens is 554 g/mol. The van der Waals surface area contributed by atoms with Crippen molar-refractivity contribution in [2.45, 2.75) is 51.5 Å². The molecule has 5 rings (SSSR count). The maximum absolute atomic E-state index is 13.3. The fourth-order valence-electron chi connectivity index (χ4n) is 4.39. The number of aromatic nitrogens is 6. The summed E-state index contributed by atoms with van der Waals surface area (Å²) in [5, 5.41) is 5.48.